The Balaban J connectivity index is 1.90. The molecule has 1 aliphatic rings. The van der Waals surface area contributed by atoms with E-state index in [1.54, 1.807) is 19.3 Å². The minimum atomic E-state index is 0.0610. The van der Waals surface area contributed by atoms with E-state index in [4.69, 9.17) is 0 Å². The van der Waals surface area contributed by atoms with E-state index >= 15 is 0 Å². The van der Waals surface area contributed by atoms with E-state index in [0.29, 0.717) is 11.4 Å². The number of likely N-dealkylation sites (N-methyl/N-ethyl adjacent to an activating group) is 1. The first-order valence-electron chi connectivity index (χ1n) is 7.87. The van der Waals surface area contributed by atoms with E-state index in [0.717, 1.165) is 19.6 Å². The van der Waals surface area contributed by atoms with Gasteiger partial charge in [0.05, 0.1) is 6.04 Å². The molecule has 1 atom stereocenters. The molecule has 1 aromatic heterocycles. The van der Waals surface area contributed by atoms with Crippen molar-refractivity contribution in [3.8, 4) is 0 Å². The number of carbonyl (C=O) groups excluding carboxylic acids is 1. The third kappa shape index (κ3) is 3.35. The molecule has 3 rings (SSSR count). The summed E-state index contributed by atoms with van der Waals surface area (Å²) in [6, 6.07) is 13.9. The Morgan fingerprint density at radius 2 is 2.00 bits per heavy atom. The van der Waals surface area contributed by atoms with Crippen molar-refractivity contribution in [1.82, 2.24) is 14.8 Å². The lowest BCUT2D eigenvalue weighted by molar-refractivity contribution is 0.0498. The molecule has 1 fully saturated rings. The highest BCUT2D eigenvalue weighted by Crippen LogP contribution is 2.26. The molecular formula is C18H22N4O. The van der Waals surface area contributed by atoms with Gasteiger partial charge in [0.2, 0.25) is 0 Å². The van der Waals surface area contributed by atoms with Gasteiger partial charge in [0, 0.05) is 38.4 Å². The SMILES string of the molecule is CNc1cc(C(=O)N2CCN(C)C[C@H]2c2ccccc2)ccn1. The van der Waals surface area contributed by atoms with Crippen molar-refractivity contribution in [2.45, 2.75) is 6.04 Å². The van der Waals surface area contributed by atoms with Crippen LogP contribution in [0.5, 0.6) is 0 Å². The van der Waals surface area contributed by atoms with Gasteiger partial charge in [-0.05, 0) is 24.7 Å². The molecule has 120 valence electrons. The molecule has 5 nitrogen and oxygen atoms in total. The molecule has 1 aliphatic heterocycles. The Labute approximate surface area is 136 Å². The molecule has 1 aromatic carbocycles. The Morgan fingerprint density at radius 1 is 1.22 bits per heavy atom. The van der Waals surface area contributed by atoms with Crippen LogP contribution in [0.3, 0.4) is 0 Å². The van der Waals surface area contributed by atoms with Gasteiger partial charge in [0.1, 0.15) is 5.82 Å². The van der Waals surface area contributed by atoms with E-state index in [1.807, 2.05) is 29.2 Å². The summed E-state index contributed by atoms with van der Waals surface area (Å²) in [5.74, 6) is 0.770. The molecule has 0 aliphatic carbocycles. The number of piperazine rings is 1. The average Bonchev–Trinajstić information content (AvgIpc) is 2.62. The summed E-state index contributed by atoms with van der Waals surface area (Å²) in [4.78, 5) is 21.4. The number of amides is 1. The van der Waals surface area contributed by atoms with Crippen LogP contribution in [-0.2, 0) is 0 Å². The highest BCUT2D eigenvalue weighted by atomic mass is 16.2. The Kier molecular flexibility index (Phi) is 4.57. The average molecular weight is 310 g/mol. The second-order valence-electron chi connectivity index (χ2n) is 5.87. The third-order valence-electron chi connectivity index (χ3n) is 4.29. The summed E-state index contributed by atoms with van der Waals surface area (Å²) in [5.41, 5.74) is 1.85. The maximum atomic E-state index is 13.0. The number of rotatable bonds is 3. The standard InChI is InChI=1S/C18H22N4O/c1-19-17-12-15(8-9-20-17)18(23)22-11-10-21(2)13-16(22)14-6-4-3-5-7-14/h3-9,12,16H,10-11,13H2,1-2H3,(H,19,20)/t16-/m0/s1. The van der Waals surface area contributed by atoms with Crippen molar-refractivity contribution < 1.29 is 4.79 Å². The number of aromatic nitrogens is 1. The molecule has 0 saturated carbocycles. The lowest BCUT2D eigenvalue weighted by atomic mass is 10.0. The van der Waals surface area contributed by atoms with Gasteiger partial charge in [0.15, 0.2) is 0 Å². The third-order valence-corrected chi connectivity index (χ3v) is 4.29. The fourth-order valence-electron chi connectivity index (χ4n) is 2.99. The number of nitrogens with zero attached hydrogens (tertiary/aromatic N) is 3. The van der Waals surface area contributed by atoms with Gasteiger partial charge in [-0.2, -0.15) is 0 Å². The van der Waals surface area contributed by atoms with Crippen molar-refractivity contribution >= 4 is 11.7 Å². The van der Waals surface area contributed by atoms with Gasteiger partial charge in [-0.25, -0.2) is 4.98 Å². The fraction of sp³-hybridized carbons (Fsp3) is 0.333. The fourth-order valence-corrected chi connectivity index (χ4v) is 2.99. The van der Waals surface area contributed by atoms with Crippen molar-refractivity contribution in [2.24, 2.45) is 0 Å². The van der Waals surface area contributed by atoms with Crippen LogP contribution in [-0.4, -0.2) is 54.4 Å². The Bertz CT molecular complexity index is 674. The molecular weight excluding hydrogens is 288 g/mol. The molecule has 0 bridgehead atoms. The maximum Gasteiger partial charge on any atom is 0.254 e. The van der Waals surface area contributed by atoms with Crippen LogP contribution in [0.15, 0.2) is 48.7 Å². The minimum absolute atomic E-state index is 0.0610. The van der Waals surface area contributed by atoms with Gasteiger partial charge >= 0.3 is 0 Å². The van der Waals surface area contributed by atoms with Gasteiger partial charge < -0.3 is 15.1 Å². The van der Waals surface area contributed by atoms with E-state index in [9.17, 15) is 4.79 Å². The normalized spacial score (nSPS) is 18.7. The molecule has 2 heterocycles. The number of benzene rings is 1. The monoisotopic (exact) mass is 310 g/mol. The molecule has 5 heteroatoms. The summed E-state index contributed by atoms with van der Waals surface area (Å²) in [7, 11) is 3.91. The zero-order valence-corrected chi connectivity index (χ0v) is 13.6. The summed E-state index contributed by atoms with van der Waals surface area (Å²) in [5, 5.41) is 2.99. The molecule has 2 aromatic rings. The molecule has 0 spiro atoms. The number of carbonyl (C=O) groups is 1. The molecule has 1 N–H and O–H groups in total. The van der Waals surface area contributed by atoms with Crippen LogP contribution >= 0.6 is 0 Å². The predicted octanol–water partition coefficient (Wildman–Crippen LogP) is 2.25. The van der Waals surface area contributed by atoms with Crippen molar-refractivity contribution in [3.05, 3.63) is 59.8 Å². The van der Waals surface area contributed by atoms with Crippen LogP contribution in [0.4, 0.5) is 5.82 Å². The summed E-state index contributed by atoms with van der Waals surface area (Å²) < 4.78 is 0. The first-order chi connectivity index (χ1) is 11.2. The van der Waals surface area contributed by atoms with Crippen molar-refractivity contribution in [2.75, 3.05) is 39.0 Å². The lowest BCUT2D eigenvalue weighted by Gasteiger charge is -2.40. The Morgan fingerprint density at radius 3 is 2.74 bits per heavy atom. The summed E-state index contributed by atoms with van der Waals surface area (Å²) >= 11 is 0. The van der Waals surface area contributed by atoms with E-state index in [1.165, 1.54) is 5.56 Å². The van der Waals surface area contributed by atoms with Gasteiger partial charge in [-0.1, -0.05) is 30.3 Å². The van der Waals surface area contributed by atoms with Crippen LogP contribution in [0.25, 0.3) is 0 Å². The van der Waals surface area contributed by atoms with E-state index in [-0.39, 0.29) is 11.9 Å². The smallest absolute Gasteiger partial charge is 0.254 e. The zero-order valence-electron chi connectivity index (χ0n) is 13.6. The number of hydrogen-bond donors (Lipinski definition) is 1. The number of pyridine rings is 1. The Hall–Kier alpha value is -2.40. The number of nitrogens with one attached hydrogen (secondary N) is 1. The molecule has 0 radical (unpaired) electrons. The summed E-state index contributed by atoms with van der Waals surface area (Å²) in [6.45, 7) is 2.46. The lowest BCUT2D eigenvalue weighted by Crippen LogP contribution is -2.49. The predicted molar refractivity (Wildman–Crippen MR) is 91.5 cm³/mol. The first kappa shape index (κ1) is 15.5. The zero-order chi connectivity index (χ0) is 16.2. The molecule has 23 heavy (non-hydrogen) atoms. The second-order valence-corrected chi connectivity index (χ2v) is 5.87. The first-order valence-corrected chi connectivity index (χ1v) is 7.87. The number of anilines is 1. The van der Waals surface area contributed by atoms with Crippen molar-refractivity contribution in [1.29, 1.82) is 0 Å². The quantitative estimate of drug-likeness (QED) is 0.944. The van der Waals surface area contributed by atoms with E-state index in [2.05, 4.69) is 34.4 Å². The molecule has 1 saturated heterocycles. The highest BCUT2D eigenvalue weighted by Gasteiger charge is 2.30. The summed E-state index contributed by atoms with van der Waals surface area (Å²) in [6.07, 6.45) is 1.67. The van der Waals surface area contributed by atoms with Gasteiger partial charge in [0.25, 0.3) is 5.91 Å². The minimum Gasteiger partial charge on any atom is -0.373 e. The van der Waals surface area contributed by atoms with Gasteiger partial charge in [-0.15, -0.1) is 0 Å². The van der Waals surface area contributed by atoms with Crippen LogP contribution in [0, 0.1) is 0 Å². The molecule has 1 amide bonds. The largest absolute Gasteiger partial charge is 0.373 e. The van der Waals surface area contributed by atoms with Crippen LogP contribution < -0.4 is 5.32 Å². The van der Waals surface area contributed by atoms with Gasteiger partial charge in [-0.3, -0.25) is 4.79 Å². The highest BCUT2D eigenvalue weighted by molar-refractivity contribution is 5.95. The topological polar surface area (TPSA) is 48.5 Å². The second kappa shape index (κ2) is 6.79. The molecule has 0 unspecified atom stereocenters. The number of hydrogen-bond acceptors (Lipinski definition) is 4. The van der Waals surface area contributed by atoms with Crippen molar-refractivity contribution in [3.63, 3.8) is 0 Å². The maximum absolute atomic E-state index is 13.0. The van der Waals surface area contributed by atoms with Crippen LogP contribution in [0.2, 0.25) is 0 Å². The van der Waals surface area contributed by atoms with E-state index < -0.39 is 0 Å². The van der Waals surface area contributed by atoms with Crippen LogP contribution in [0.1, 0.15) is 22.0 Å².